The topological polar surface area (TPSA) is 72.5 Å². The average molecular weight is 347 g/mol. The molecular weight excluding hydrogens is 336 g/mol. The average Bonchev–Trinajstić information content (AvgIpc) is 2.89. The number of carbonyl (C=O) groups excluding carboxylic acids is 1. The Morgan fingerprint density at radius 3 is 2.64 bits per heavy atom. The smallest absolute Gasteiger partial charge is 0.348 e. The SMILES string of the molecule is CC(=O)NCc1ccc(S(=O)(=O)Oc2ccc(F)cc2F)s1. The Morgan fingerprint density at radius 1 is 1.27 bits per heavy atom. The zero-order chi connectivity index (χ0) is 16.3. The van der Waals surface area contributed by atoms with E-state index in [1.807, 2.05) is 0 Å². The van der Waals surface area contributed by atoms with Crippen LogP contribution < -0.4 is 9.50 Å². The molecule has 0 bridgehead atoms. The van der Waals surface area contributed by atoms with E-state index in [1.165, 1.54) is 19.1 Å². The van der Waals surface area contributed by atoms with Gasteiger partial charge < -0.3 is 9.50 Å². The summed E-state index contributed by atoms with van der Waals surface area (Å²) in [6.45, 7) is 1.52. The van der Waals surface area contributed by atoms with E-state index in [-0.39, 0.29) is 16.7 Å². The predicted octanol–water partition coefficient (Wildman–Crippen LogP) is 2.43. The standard InChI is InChI=1S/C13H11F2NO4S2/c1-8(17)16-7-10-3-5-13(21-10)22(18,19)20-12-4-2-9(14)6-11(12)15/h2-6H,7H2,1H3,(H,16,17). The molecule has 1 N–H and O–H groups in total. The molecule has 0 aliphatic carbocycles. The Labute approximate surface area is 129 Å². The highest BCUT2D eigenvalue weighted by atomic mass is 32.3. The number of hydrogen-bond donors (Lipinski definition) is 1. The van der Waals surface area contributed by atoms with E-state index in [1.54, 1.807) is 0 Å². The van der Waals surface area contributed by atoms with Crippen molar-refractivity contribution in [2.24, 2.45) is 0 Å². The minimum Gasteiger partial charge on any atom is -0.375 e. The minimum absolute atomic E-state index is 0.142. The molecule has 9 heteroatoms. The molecule has 0 spiro atoms. The molecule has 1 amide bonds. The fourth-order valence-electron chi connectivity index (χ4n) is 1.50. The third-order valence-corrected chi connectivity index (χ3v) is 5.26. The summed E-state index contributed by atoms with van der Waals surface area (Å²) < 4.78 is 54.8. The lowest BCUT2D eigenvalue weighted by Crippen LogP contribution is -2.18. The van der Waals surface area contributed by atoms with Crippen LogP contribution in [0.3, 0.4) is 0 Å². The monoisotopic (exact) mass is 347 g/mol. The van der Waals surface area contributed by atoms with Crippen LogP contribution in [0.15, 0.2) is 34.5 Å². The maximum Gasteiger partial charge on any atom is 0.348 e. The van der Waals surface area contributed by atoms with Crippen LogP contribution in [0.1, 0.15) is 11.8 Å². The van der Waals surface area contributed by atoms with Gasteiger partial charge in [-0.25, -0.2) is 8.78 Å². The molecule has 0 aliphatic rings. The number of hydrogen-bond acceptors (Lipinski definition) is 5. The second-order valence-electron chi connectivity index (χ2n) is 4.24. The van der Waals surface area contributed by atoms with Gasteiger partial charge in [0, 0.05) is 17.9 Å². The zero-order valence-corrected chi connectivity index (χ0v) is 12.9. The molecule has 118 valence electrons. The van der Waals surface area contributed by atoms with Gasteiger partial charge in [-0.2, -0.15) is 8.42 Å². The van der Waals surface area contributed by atoms with Gasteiger partial charge in [-0.15, -0.1) is 11.3 Å². The molecule has 0 fully saturated rings. The van der Waals surface area contributed by atoms with Crippen molar-refractivity contribution in [1.29, 1.82) is 0 Å². The summed E-state index contributed by atoms with van der Waals surface area (Å²) >= 11 is 0.886. The quantitative estimate of drug-likeness (QED) is 0.843. The van der Waals surface area contributed by atoms with Crippen LogP contribution in [0.5, 0.6) is 5.75 Å². The van der Waals surface area contributed by atoms with Gasteiger partial charge in [-0.3, -0.25) is 4.79 Å². The maximum atomic E-state index is 13.4. The highest BCUT2D eigenvalue weighted by molar-refractivity contribution is 7.89. The molecular formula is C13H11F2NO4S2. The van der Waals surface area contributed by atoms with E-state index in [4.69, 9.17) is 0 Å². The van der Waals surface area contributed by atoms with Crippen LogP contribution in [-0.4, -0.2) is 14.3 Å². The van der Waals surface area contributed by atoms with Gasteiger partial charge in [0.05, 0.1) is 6.54 Å². The highest BCUT2D eigenvalue weighted by Gasteiger charge is 2.21. The van der Waals surface area contributed by atoms with Gasteiger partial charge in [-0.1, -0.05) is 0 Å². The molecule has 0 radical (unpaired) electrons. The number of thiophene rings is 1. The van der Waals surface area contributed by atoms with Gasteiger partial charge >= 0.3 is 10.1 Å². The van der Waals surface area contributed by atoms with E-state index in [0.29, 0.717) is 10.9 Å². The molecule has 0 unspecified atom stereocenters. The van der Waals surface area contributed by atoms with E-state index >= 15 is 0 Å². The first kappa shape index (κ1) is 16.4. The molecule has 0 saturated carbocycles. The zero-order valence-electron chi connectivity index (χ0n) is 11.3. The molecule has 2 rings (SSSR count). The first-order valence-electron chi connectivity index (χ1n) is 6.00. The Bertz CT molecular complexity index is 802. The summed E-state index contributed by atoms with van der Waals surface area (Å²) in [5, 5.41) is 2.53. The second-order valence-corrected chi connectivity index (χ2v) is 7.18. The van der Waals surface area contributed by atoms with Crippen LogP contribution >= 0.6 is 11.3 Å². The van der Waals surface area contributed by atoms with Gasteiger partial charge in [0.2, 0.25) is 5.91 Å². The summed E-state index contributed by atoms with van der Waals surface area (Å²) in [7, 11) is -4.22. The lowest BCUT2D eigenvalue weighted by Gasteiger charge is -2.06. The number of amides is 1. The molecule has 1 heterocycles. The molecule has 1 aromatic heterocycles. The fraction of sp³-hybridized carbons (Fsp3) is 0.154. The van der Waals surface area contributed by atoms with Crippen LogP contribution in [0.25, 0.3) is 0 Å². The maximum absolute atomic E-state index is 13.4. The Balaban J connectivity index is 2.18. The summed E-state index contributed by atoms with van der Waals surface area (Å²) in [6, 6.07) is 5.12. The van der Waals surface area contributed by atoms with Crippen molar-refractivity contribution in [3.63, 3.8) is 0 Å². The number of halogens is 2. The first-order chi connectivity index (χ1) is 10.3. The van der Waals surface area contributed by atoms with E-state index in [2.05, 4.69) is 9.50 Å². The lowest BCUT2D eigenvalue weighted by molar-refractivity contribution is -0.119. The molecule has 0 atom stereocenters. The molecule has 2 aromatic rings. The van der Waals surface area contributed by atoms with Crippen molar-refractivity contribution in [3.8, 4) is 5.75 Å². The summed E-state index contributed by atoms with van der Waals surface area (Å²) in [6.07, 6.45) is 0. The highest BCUT2D eigenvalue weighted by Crippen LogP contribution is 2.27. The van der Waals surface area contributed by atoms with Crippen molar-refractivity contribution in [2.45, 2.75) is 17.7 Å². The Hall–Kier alpha value is -2.00. The second kappa shape index (κ2) is 6.41. The summed E-state index contributed by atoms with van der Waals surface area (Å²) in [4.78, 5) is 11.4. The van der Waals surface area contributed by atoms with Crippen molar-refractivity contribution in [2.75, 3.05) is 0 Å². The molecule has 5 nitrogen and oxygen atoms in total. The van der Waals surface area contributed by atoms with Gasteiger partial charge in [0.1, 0.15) is 5.82 Å². The van der Waals surface area contributed by atoms with Crippen molar-refractivity contribution in [1.82, 2.24) is 5.32 Å². The van der Waals surface area contributed by atoms with E-state index in [9.17, 15) is 22.0 Å². The summed E-state index contributed by atoms with van der Waals surface area (Å²) in [5.74, 6) is -2.78. The van der Waals surface area contributed by atoms with Gasteiger partial charge in [0.15, 0.2) is 15.8 Å². The number of nitrogens with one attached hydrogen (secondary N) is 1. The lowest BCUT2D eigenvalue weighted by atomic mass is 10.3. The van der Waals surface area contributed by atoms with Crippen molar-refractivity contribution in [3.05, 3.63) is 46.8 Å². The predicted molar refractivity (Wildman–Crippen MR) is 76.0 cm³/mol. The van der Waals surface area contributed by atoms with E-state index in [0.717, 1.165) is 23.5 Å². The van der Waals surface area contributed by atoms with E-state index < -0.39 is 27.5 Å². The van der Waals surface area contributed by atoms with Crippen molar-refractivity contribution < 1.29 is 26.2 Å². The number of carbonyl (C=O) groups is 1. The van der Waals surface area contributed by atoms with Crippen LogP contribution in [0.2, 0.25) is 0 Å². The molecule has 22 heavy (non-hydrogen) atoms. The number of benzene rings is 1. The number of rotatable bonds is 5. The van der Waals surface area contributed by atoms with Gasteiger partial charge in [0.25, 0.3) is 0 Å². The fourth-order valence-corrected chi connectivity index (χ4v) is 3.70. The van der Waals surface area contributed by atoms with Crippen LogP contribution in [0.4, 0.5) is 8.78 Å². The third-order valence-electron chi connectivity index (χ3n) is 2.49. The first-order valence-corrected chi connectivity index (χ1v) is 8.23. The van der Waals surface area contributed by atoms with Crippen molar-refractivity contribution >= 4 is 27.4 Å². The van der Waals surface area contributed by atoms with Gasteiger partial charge in [-0.05, 0) is 24.3 Å². The largest absolute Gasteiger partial charge is 0.375 e. The van der Waals surface area contributed by atoms with Crippen LogP contribution in [-0.2, 0) is 21.5 Å². The normalized spacial score (nSPS) is 11.2. The molecule has 0 aliphatic heterocycles. The Kier molecular flexibility index (Phi) is 4.77. The molecule has 0 saturated heterocycles. The minimum atomic E-state index is -4.22. The summed E-state index contributed by atoms with van der Waals surface area (Å²) in [5.41, 5.74) is 0. The third kappa shape index (κ3) is 4.01. The Morgan fingerprint density at radius 2 is 2.00 bits per heavy atom. The molecule has 1 aromatic carbocycles. The van der Waals surface area contributed by atoms with Crippen LogP contribution in [0, 0.1) is 11.6 Å².